The molecule has 0 bridgehead atoms. The van der Waals surface area contributed by atoms with E-state index < -0.39 is 0 Å². The SMILES string of the molecule is c1ccc(-c2cccc(N(c3ccc(-n4c5ccccc5c5ccc6ccccc6c54)cc3)c3ccc4c(c3)sc3ccccc34)c2)cc1. The number of anilines is 3. The summed E-state index contributed by atoms with van der Waals surface area (Å²) >= 11 is 1.86. The van der Waals surface area contributed by atoms with E-state index >= 15 is 0 Å². The van der Waals surface area contributed by atoms with Crippen LogP contribution >= 0.6 is 11.3 Å². The van der Waals surface area contributed by atoms with E-state index in [4.69, 9.17) is 0 Å². The van der Waals surface area contributed by atoms with Crippen LogP contribution in [0.2, 0.25) is 0 Å². The zero-order chi connectivity index (χ0) is 32.3. The third kappa shape index (κ3) is 4.55. The van der Waals surface area contributed by atoms with Gasteiger partial charge in [-0.05, 0) is 77.2 Å². The number of aromatic nitrogens is 1. The molecule has 0 spiro atoms. The second-order valence-corrected chi connectivity index (χ2v) is 13.7. The first-order chi connectivity index (χ1) is 24.3. The van der Waals surface area contributed by atoms with E-state index in [-0.39, 0.29) is 0 Å². The molecular weight excluding hydrogens is 613 g/mol. The van der Waals surface area contributed by atoms with Crippen LogP contribution in [0, 0.1) is 0 Å². The molecule has 2 heterocycles. The van der Waals surface area contributed by atoms with Crippen LogP contribution in [-0.4, -0.2) is 4.57 Å². The summed E-state index contributed by atoms with van der Waals surface area (Å²) < 4.78 is 5.03. The van der Waals surface area contributed by atoms with Crippen molar-refractivity contribution in [1.29, 1.82) is 0 Å². The lowest BCUT2D eigenvalue weighted by molar-refractivity contribution is 1.18. The number of para-hydroxylation sites is 1. The van der Waals surface area contributed by atoms with Gasteiger partial charge in [0.25, 0.3) is 0 Å². The summed E-state index contributed by atoms with van der Waals surface area (Å²) in [5.41, 5.74) is 9.37. The van der Waals surface area contributed by atoms with Crippen molar-refractivity contribution < 1.29 is 0 Å². The number of hydrogen-bond donors (Lipinski definition) is 0. The predicted molar refractivity (Wildman–Crippen MR) is 211 cm³/mol. The fourth-order valence-electron chi connectivity index (χ4n) is 7.51. The number of thiophene rings is 1. The van der Waals surface area contributed by atoms with Gasteiger partial charge in [-0.25, -0.2) is 0 Å². The number of fused-ring (bicyclic) bond motifs is 8. The Kier molecular flexibility index (Phi) is 6.39. The van der Waals surface area contributed by atoms with Gasteiger partial charge in [0, 0.05) is 59.1 Å². The van der Waals surface area contributed by atoms with Gasteiger partial charge in [-0.2, -0.15) is 0 Å². The lowest BCUT2D eigenvalue weighted by atomic mass is 10.0. The van der Waals surface area contributed by atoms with Crippen molar-refractivity contribution in [3.8, 4) is 16.8 Å². The zero-order valence-electron chi connectivity index (χ0n) is 26.6. The van der Waals surface area contributed by atoms with Gasteiger partial charge in [-0.1, -0.05) is 121 Å². The highest BCUT2D eigenvalue weighted by Crippen LogP contribution is 2.42. The first-order valence-corrected chi connectivity index (χ1v) is 17.5. The Balaban J connectivity index is 1.16. The van der Waals surface area contributed by atoms with Gasteiger partial charge in [-0.3, -0.25) is 0 Å². The van der Waals surface area contributed by atoms with Crippen molar-refractivity contribution in [3.63, 3.8) is 0 Å². The molecule has 3 heteroatoms. The highest BCUT2D eigenvalue weighted by atomic mass is 32.1. The molecule has 0 amide bonds. The molecule has 0 N–H and O–H groups in total. The Morgan fingerprint density at radius 2 is 1.04 bits per heavy atom. The predicted octanol–water partition coefficient (Wildman–Crippen LogP) is 13.4. The van der Waals surface area contributed by atoms with Crippen LogP contribution in [0.5, 0.6) is 0 Å². The molecule has 2 aromatic heterocycles. The normalized spacial score (nSPS) is 11.7. The summed E-state index contributed by atoms with van der Waals surface area (Å²) in [5, 5.41) is 7.66. The van der Waals surface area contributed by atoms with Gasteiger partial charge in [0.15, 0.2) is 0 Å². The van der Waals surface area contributed by atoms with E-state index in [1.807, 2.05) is 11.3 Å². The number of nitrogens with zero attached hydrogens (tertiary/aromatic N) is 2. The second kappa shape index (κ2) is 11.2. The molecule has 0 atom stereocenters. The van der Waals surface area contributed by atoms with Crippen LogP contribution < -0.4 is 4.90 Å². The quantitative estimate of drug-likeness (QED) is 0.181. The van der Waals surface area contributed by atoms with Gasteiger partial charge < -0.3 is 9.47 Å². The Bertz CT molecular complexity index is 2830. The van der Waals surface area contributed by atoms with Crippen molar-refractivity contribution >= 4 is 81.1 Å². The molecule has 0 aliphatic carbocycles. The molecule has 0 aliphatic heterocycles. The van der Waals surface area contributed by atoms with E-state index in [1.165, 1.54) is 63.9 Å². The van der Waals surface area contributed by atoms with Crippen molar-refractivity contribution in [1.82, 2.24) is 4.57 Å². The highest BCUT2D eigenvalue weighted by molar-refractivity contribution is 7.25. The van der Waals surface area contributed by atoms with Gasteiger partial charge >= 0.3 is 0 Å². The van der Waals surface area contributed by atoms with Crippen LogP contribution in [0.25, 0.3) is 69.6 Å². The van der Waals surface area contributed by atoms with Gasteiger partial charge in [0.2, 0.25) is 0 Å². The fraction of sp³-hybridized carbons (Fsp3) is 0. The maximum atomic E-state index is 2.43. The minimum Gasteiger partial charge on any atom is -0.310 e. The Morgan fingerprint density at radius 3 is 1.92 bits per heavy atom. The van der Waals surface area contributed by atoms with Crippen LogP contribution in [0.3, 0.4) is 0 Å². The molecule has 2 nitrogen and oxygen atoms in total. The molecule has 8 aromatic carbocycles. The molecule has 0 unspecified atom stereocenters. The molecule has 0 fully saturated rings. The number of rotatable bonds is 5. The second-order valence-electron chi connectivity index (χ2n) is 12.6. The van der Waals surface area contributed by atoms with Crippen molar-refractivity contribution in [2.24, 2.45) is 0 Å². The van der Waals surface area contributed by atoms with Gasteiger partial charge in [0.1, 0.15) is 0 Å². The monoisotopic (exact) mass is 642 g/mol. The molecule has 0 saturated heterocycles. The maximum Gasteiger partial charge on any atom is 0.0619 e. The number of hydrogen-bond acceptors (Lipinski definition) is 2. The van der Waals surface area contributed by atoms with E-state index in [9.17, 15) is 0 Å². The molecule has 10 rings (SSSR count). The minimum atomic E-state index is 1.11. The van der Waals surface area contributed by atoms with E-state index in [2.05, 4.69) is 191 Å². The van der Waals surface area contributed by atoms with E-state index in [1.54, 1.807) is 0 Å². The largest absolute Gasteiger partial charge is 0.310 e. The fourth-order valence-corrected chi connectivity index (χ4v) is 8.64. The third-order valence-electron chi connectivity index (χ3n) is 9.76. The van der Waals surface area contributed by atoms with Crippen molar-refractivity contribution in [3.05, 3.63) is 182 Å². The summed E-state index contributed by atoms with van der Waals surface area (Å²) in [6, 6.07) is 66.2. The minimum absolute atomic E-state index is 1.11. The lowest BCUT2D eigenvalue weighted by Crippen LogP contribution is -2.10. The summed E-state index contributed by atoms with van der Waals surface area (Å²) in [6.45, 7) is 0. The maximum absolute atomic E-state index is 2.43. The lowest BCUT2D eigenvalue weighted by Gasteiger charge is -2.26. The molecular formula is C46H30N2S. The van der Waals surface area contributed by atoms with Crippen LogP contribution in [0.4, 0.5) is 17.1 Å². The zero-order valence-corrected chi connectivity index (χ0v) is 27.4. The summed E-state index contributed by atoms with van der Waals surface area (Å²) in [4.78, 5) is 2.39. The van der Waals surface area contributed by atoms with Gasteiger partial charge in [-0.15, -0.1) is 11.3 Å². The average Bonchev–Trinajstić information content (AvgIpc) is 3.71. The summed E-state index contributed by atoms with van der Waals surface area (Å²) in [6.07, 6.45) is 0. The topological polar surface area (TPSA) is 8.17 Å². The van der Waals surface area contributed by atoms with Crippen LogP contribution in [0.1, 0.15) is 0 Å². The summed E-state index contributed by atoms with van der Waals surface area (Å²) in [5.74, 6) is 0. The highest BCUT2D eigenvalue weighted by Gasteiger charge is 2.18. The van der Waals surface area contributed by atoms with Crippen LogP contribution in [0.15, 0.2) is 182 Å². The first kappa shape index (κ1) is 27.9. The Hall–Kier alpha value is -6.16. The Labute approximate surface area is 288 Å². The molecule has 0 saturated carbocycles. The van der Waals surface area contributed by atoms with Crippen molar-refractivity contribution in [2.75, 3.05) is 4.90 Å². The van der Waals surface area contributed by atoms with Crippen molar-refractivity contribution in [2.45, 2.75) is 0 Å². The smallest absolute Gasteiger partial charge is 0.0619 e. The molecule has 0 radical (unpaired) electrons. The molecule has 49 heavy (non-hydrogen) atoms. The number of benzene rings is 8. The van der Waals surface area contributed by atoms with Crippen LogP contribution in [-0.2, 0) is 0 Å². The van der Waals surface area contributed by atoms with E-state index in [0.29, 0.717) is 0 Å². The standard InChI is InChI=1S/C46H30N2S/c1-2-11-31(12-3-1)33-14-10-15-36(29-33)47(37-26-28-41-40-18-7-9-20-44(40)49-45(41)30-37)34-22-24-35(25-23-34)48-43-19-8-6-17-39(43)42-27-21-32-13-4-5-16-38(32)46(42)48/h1-30H. The third-order valence-corrected chi connectivity index (χ3v) is 10.9. The first-order valence-electron chi connectivity index (χ1n) is 16.7. The summed E-state index contributed by atoms with van der Waals surface area (Å²) in [7, 11) is 0. The molecule has 0 aliphatic rings. The van der Waals surface area contributed by atoms with Gasteiger partial charge in [0.05, 0.1) is 11.0 Å². The molecule has 10 aromatic rings. The van der Waals surface area contributed by atoms with E-state index in [0.717, 1.165) is 22.7 Å². The Morgan fingerprint density at radius 1 is 0.388 bits per heavy atom. The molecule has 230 valence electrons. The average molecular weight is 643 g/mol.